The van der Waals surface area contributed by atoms with Crippen molar-refractivity contribution in [2.75, 3.05) is 0 Å². The van der Waals surface area contributed by atoms with E-state index in [4.69, 9.17) is 0 Å². The number of aromatic nitrogens is 2. The molecule has 2 nitrogen and oxygen atoms in total. The molecule has 0 aliphatic carbocycles. The standard InChI is InChI=1S/C48H34N2Si/c1-4-16-35(17-5-1)49-47-27-15-12-24-43(47)44-34-40(32-33-48(44)49)51(37-18-6-2-7-19-37,38-20-8-3-9-21-38)39-30-28-36(29-31-39)50-45-25-13-10-22-41(45)42-23-11-14-26-46(42)50/h1-34H/q-1. The van der Waals surface area contributed by atoms with Gasteiger partial charge in [0, 0.05) is 32.9 Å². The van der Waals surface area contributed by atoms with E-state index in [0.717, 1.165) is 0 Å². The third kappa shape index (κ3) is 4.49. The molecule has 2 heterocycles. The predicted octanol–water partition coefficient (Wildman–Crippen LogP) is 9.26. The number of benzene rings is 8. The molecule has 0 saturated carbocycles. The summed E-state index contributed by atoms with van der Waals surface area (Å²) in [4.78, 5) is 0. The minimum atomic E-state index is -2.81. The molecule has 0 bridgehead atoms. The molecule has 0 N–H and O–H groups in total. The van der Waals surface area contributed by atoms with Crippen LogP contribution in [0.25, 0.3) is 55.0 Å². The Kier molecular flexibility index (Phi) is 6.86. The largest absolute Gasteiger partial charge is 0.309 e. The Morgan fingerprint density at radius 1 is 0.255 bits per heavy atom. The molecule has 0 aliphatic heterocycles. The number of nitrogens with zero attached hydrogens (tertiary/aromatic N) is 2. The fourth-order valence-corrected chi connectivity index (χ4v) is 13.2. The monoisotopic (exact) mass is 666 g/mol. The minimum absolute atomic E-state index is 1.17. The molecule has 0 saturated heterocycles. The van der Waals surface area contributed by atoms with Crippen molar-refractivity contribution in [1.82, 2.24) is 9.13 Å². The number of fused-ring (bicyclic) bond motifs is 6. The van der Waals surface area contributed by atoms with Crippen LogP contribution in [-0.2, 0) is 0 Å². The lowest BCUT2D eigenvalue weighted by atomic mass is 10.1. The van der Waals surface area contributed by atoms with Gasteiger partial charge >= 0.3 is 0 Å². The highest BCUT2D eigenvalue weighted by atomic mass is 28.3. The highest BCUT2D eigenvalue weighted by Gasteiger charge is 2.29. The fraction of sp³-hybridized carbons (Fsp3) is 0. The van der Waals surface area contributed by atoms with Gasteiger partial charge in [0.05, 0.1) is 22.1 Å². The third-order valence-corrected chi connectivity index (χ3v) is 15.4. The molecule has 3 heteroatoms. The Morgan fingerprint density at radius 3 is 1.12 bits per heavy atom. The molecular weight excluding hydrogens is 633 g/mol. The zero-order valence-corrected chi connectivity index (χ0v) is 29.0. The summed E-state index contributed by atoms with van der Waals surface area (Å²) in [5, 5.41) is 10.6. The maximum atomic E-state index is 2.50. The Balaban J connectivity index is 1.25. The second kappa shape index (κ2) is 11.9. The summed E-state index contributed by atoms with van der Waals surface area (Å²) in [6.07, 6.45) is 0. The van der Waals surface area contributed by atoms with E-state index < -0.39 is 8.07 Å². The highest BCUT2D eigenvalue weighted by molar-refractivity contribution is 7.20. The molecule has 0 amide bonds. The van der Waals surface area contributed by atoms with Gasteiger partial charge in [-0.3, -0.25) is 0 Å². The van der Waals surface area contributed by atoms with Gasteiger partial charge in [-0.15, -0.1) is 0 Å². The van der Waals surface area contributed by atoms with Gasteiger partial charge in [-0.1, -0.05) is 158 Å². The Hall–Kier alpha value is -6.42. The fourth-order valence-electron chi connectivity index (χ4n) is 8.50. The zero-order chi connectivity index (χ0) is 33.8. The van der Waals surface area contributed by atoms with Crippen LogP contribution in [0.15, 0.2) is 206 Å². The van der Waals surface area contributed by atoms with Crippen molar-refractivity contribution in [3.8, 4) is 11.4 Å². The average Bonchev–Trinajstić information content (AvgIpc) is 3.73. The van der Waals surface area contributed by atoms with Gasteiger partial charge < -0.3 is 9.13 Å². The van der Waals surface area contributed by atoms with Crippen molar-refractivity contribution < 1.29 is 0 Å². The summed E-state index contributed by atoms with van der Waals surface area (Å²) in [6.45, 7) is 0. The number of rotatable bonds is 6. The molecule has 0 fully saturated rings. The van der Waals surface area contributed by atoms with Gasteiger partial charge in [0.1, 0.15) is 0 Å². The second-order valence-electron chi connectivity index (χ2n) is 13.3. The molecule has 2 aromatic heterocycles. The summed E-state index contributed by atoms with van der Waals surface area (Å²) in [5.41, 5.74) is 7.23. The van der Waals surface area contributed by atoms with Crippen LogP contribution in [0.2, 0.25) is 0 Å². The first-order valence-corrected chi connectivity index (χ1v) is 19.6. The normalized spacial score (nSPS) is 11.9. The molecule has 8 aromatic carbocycles. The van der Waals surface area contributed by atoms with Crippen LogP contribution in [0.5, 0.6) is 0 Å². The molecule has 241 valence electrons. The SMILES string of the molecule is c1ccc(-n2c3ccccc3c3cc([Si-](c4ccccc4)(c4ccccc4)c4ccc(-n5c6ccccc6c6ccccc65)cc4)ccc32)cc1. The number of hydrogen-bond donors (Lipinski definition) is 0. The molecular formula is C48H34N2Si-. The third-order valence-electron chi connectivity index (χ3n) is 10.7. The zero-order valence-electron chi connectivity index (χ0n) is 28.0. The van der Waals surface area contributed by atoms with Crippen molar-refractivity contribution in [1.29, 1.82) is 0 Å². The maximum absolute atomic E-state index is 2.81. The molecule has 10 rings (SSSR count). The van der Waals surface area contributed by atoms with E-state index in [2.05, 4.69) is 215 Å². The van der Waals surface area contributed by atoms with E-state index in [0.29, 0.717) is 0 Å². The summed E-state index contributed by atoms with van der Waals surface area (Å²) >= 11 is 0. The lowest BCUT2D eigenvalue weighted by Gasteiger charge is -2.47. The van der Waals surface area contributed by atoms with Crippen molar-refractivity contribution >= 4 is 72.4 Å². The van der Waals surface area contributed by atoms with Crippen molar-refractivity contribution in [2.24, 2.45) is 0 Å². The Morgan fingerprint density at radius 2 is 0.608 bits per heavy atom. The Bertz CT molecular complexity index is 2740. The van der Waals surface area contributed by atoms with E-state index in [1.54, 1.807) is 0 Å². The van der Waals surface area contributed by atoms with Crippen molar-refractivity contribution in [3.05, 3.63) is 206 Å². The second-order valence-corrected chi connectivity index (χ2v) is 17.1. The van der Waals surface area contributed by atoms with E-state index in [9.17, 15) is 0 Å². The lowest BCUT2D eigenvalue weighted by molar-refractivity contribution is 1.18. The molecule has 51 heavy (non-hydrogen) atoms. The molecule has 0 spiro atoms. The molecule has 0 aliphatic rings. The molecule has 0 atom stereocenters. The van der Waals surface area contributed by atoms with Crippen molar-refractivity contribution in [3.63, 3.8) is 0 Å². The maximum Gasteiger partial charge on any atom is 0.0541 e. The van der Waals surface area contributed by atoms with Crippen LogP contribution in [0.3, 0.4) is 0 Å². The minimum Gasteiger partial charge on any atom is -0.309 e. The quantitative estimate of drug-likeness (QED) is 0.124. The Labute approximate surface area is 298 Å². The topological polar surface area (TPSA) is 9.86 Å². The van der Waals surface area contributed by atoms with Crippen molar-refractivity contribution in [2.45, 2.75) is 0 Å². The van der Waals surface area contributed by atoms with E-state index >= 15 is 0 Å². The van der Waals surface area contributed by atoms with E-state index in [-0.39, 0.29) is 0 Å². The summed E-state index contributed by atoms with van der Waals surface area (Å²) in [5.74, 6) is 0. The smallest absolute Gasteiger partial charge is 0.0541 e. The first kappa shape index (κ1) is 29.5. The molecule has 10 aromatic rings. The average molecular weight is 667 g/mol. The van der Waals surface area contributed by atoms with Gasteiger partial charge in [0.2, 0.25) is 0 Å². The molecule has 0 unspecified atom stereocenters. The lowest BCUT2D eigenvalue weighted by Crippen LogP contribution is -2.74. The van der Waals surface area contributed by atoms with Gasteiger partial charge in [-0.2, -0.15) is 20.7 Å². The van der Waals surface area contributed by atoms with Gasteiger partial charge in [0.25, 0.3) is 0 Å². The number of hydrogen-bond acceptors (Lipinski definition) is 0. The first-order valence-electron chi connectivity index (χ1n) is 17.6. The highest BCUT2D eigenvalue weighted by Crippen LogP contribution is 2.33. The predicted molar refractivity (Wildman–Crippen MR) is 219 cm³/mol. The van der Waals surface area contributed by atoms with Crippen LogP contribution in [-0.4, -0.2) is 17.2 Å². The number of para-hydroxylation sites is 4. The van der Waals surface area contributed by atoms with E-state index in [1.807, 2.05) is 0 Å². The van der Waals surface area contributed by atoms with Crippen LogP contribution in [0.4, 0.5) is 0 Å². The van der Waals surface area contributed by atoms with Crippen LogP contribution in [0, 0.1) is 0 Å². The molecule has 0 radical (unpaired) electrons. The summed E-state index contributed by atoms with van der Waals surface area (Å²) in [6, 6.07) is 76.2. The van der Waals surface area contributed by atoms with Crippen LogP contribution in [0.1, 0.15) is 0 Å². The summed E-state index contributed by atoms with van der Waals surface area (Å²) in [7, 11) is -2.81. The van der Waals surface area contributed by atoms with Gasteiger partial charge in [-0.05, 0) is 56.6 Å². The van der Waals surface area contributed by atoms with Crippen LogP contribution < -0.4 is 20.7 Å². The van der Waals surface area contributed by atoms with Gasteiger partial charge in [0.15, 0.2) is 0 Å². The van der Waals surface area contributed by atoms with Gasteiger partial charge in [-0.25, -0.2) is 0 Å². The summed E-state index contributed by atoms with van der Waals surface area (Å²) < 4.78 is 4.82. The van der Waals surface area contributed by atoms with Crippen LogP contribution >= 0.6 is 0 Å². The first-order chi connectivity index (χ1) is 25.3. The van der Waals surface area contributed by atoms with E-state index in [1.165, 1.54) is 75.7 Å².